The minimum atomic E-state index is -0.398. The molecule has 2 N–H and O–H groups in total. The molecule has 1 atom stereocenters. The fourth-order valence-corrected chi connectivity index (χ4v) is 3.28. The van der Waals surface area contributed by atoms with Crippen LogP contribution in [0.3, 0.4) is 0 Å². The Morgan fingerprint density at radius 1 is 1.30 bits per heavy atom. The summed E-state index contributed by atoms with van der Waals surface area (Å²) in [5.41, 5.74) is 2.38. The predicted molar refractivity (Wildman–Crippen MR) is 109 cm³/mol. The van der Waals surface area contributed by atoms with Crippen LogP contribution in [-0.2, 0) is 4.79 Å². The largest absolute Gasteiger partial charge is 0.495 e. The summed E-state index contributed by atoms with van der Waals surface area (Å²) < 4.78 is 5.30. The summed E-state index contributed by atoms with van der Waals surface area (Å²) in [6.45, 7) is 3.67. The van der Waals surface area contributed by atoms with Gasteiger partial charge in [-0.05, 0) is 25.5 Å². The van der Waals surface area contributed by atoms with E-state index in [4.69, 9.17) is 16.3 Å². The van der Waals surface area contributed by atoms with E-state index in [1.54, 1.807) is 19.1 Å². The molecule has 0 aliphatic rings. The number of hydrogen-bond acceptors (Lipinski definition) is 5. The summed E-state index contributed by atoms with van der Waals surface area (Å²) in [6, 6.07) is 13.2. The standard InChI is InChI=1S/C19H19ClN4O2S/c1-11-9-15(16(26-3)10-14(11)20)21-18(25)12(2)27-19-22-17(23-24-19)13-7-5-4-6-8-13/h4-10,12H,1-3H3,(H,21,25)(H,22,23,24)/t12-/m1/s1. The monoisotopic (exact) mass is 402 g/mol. The maximum Gasteiger partial charge on any atom is 0.237 e. The van der Waals surface area contributed by atoms with E-state index in [-0.39, 0.29) is 5.91 Å². The molecule has 0 saturated carbocycles. The third-order valence-corrected chi connectivity index (χ3v) is 5.27. The quantitative estimate of drug-likeness (QED) is 0.591. The van der Waals surface area contributed by atoms with E-state index in [9.17, 15) is 4.79 Å². The topological polar surface area (TPSA) is 79.9 Å². The first-order chi connectivity index (χ1) is 13.0. The van der Waals surface area contributed by atoms with Crippen molar-refractivity contribution >= 4 is 35.0 Å². The summed E-state index contributed by atoms with van der Waals surface area (Å²) >= 11 is 7.38. The highest BCUT2D eigenvalue weighted by atomic mass is 35.5. The summed E-state index contributed by atoms with van der Waals surface area (Å²) in [4.78, 5) is 17.0. The van der Waals surface area contributed by atoms with Gasteiger partial charge < -0.3 is 10.1 Å². The smallest absolute Gasteiger partial charge is 0.237 e. The van der Waals surface area contributed by atoms with Gasteiger partial charge in [0.25, 0.3) is 0 Å². The zero-order valence-electron chi connectivity index (χ0n) is 15.1. The number of thioether (sulfide) groups is 1. The van der Waals surface area contributed by atoms with Gasteiger partial charge in [0.05, 0.1) is 18.0 Å². The van der Waals surface area contributed by atoms with Crippen molar-refractivity contribution in [3.8, 4) is 17.1 Å². The van der Waals surface area contributed by atoms with E-state index >= 15 is 0 Å². The van der Waals surface area contributed by atoms with E-state index in [2.05, 4.69) is 20.5 Å². The molecule has 1 aromatic heterocycles. The molecule has 3 aromatic rings. The molecule has 3 rings (SSSR count). The number of anilines is 1. The molecule has 6 nitrogen and oxygen atoms in total. The highest BCUT2D eigenvalue weighted by Crippen LogP contribution is 2.32. The van der Waals surface area contributed by atoms with Crippen LogP contribution in [0.1, 0.15) is 12.5 Å². The van der Waals surface area contributed by atoms with E-state index < -0.39 is 5.25 Å². The second-order valence-electron chi connectivity index (χ2n) is 5.88. The molecule has 0 fully saturated rings. The number of amides is 1. The molecule has 0 spiro atoms. The molecule has 8 heteroatoms. The van der Waals surface area contributed by atoms with E-state index in [1.807, 2.05) is 37.3 Å². The van der Waals surface area contributed by atoms with Gasteiger partial charge in [-0.2, -0.15) is 0 Å². The first kappa shape index (κ1) is 19.3. The molecule has 0 unspecified atom stereocenters. The van der Waals surface area contributed by atoms with Crippen LogP contribution in [0.15, 0.2) is 47.6 Å². The Bertz CT molecular complexity index is 946. The van der Waals surface area contributed by atoms with Crippen LogP contribution in [0.4, 0.5) is 5.69 Å². The first-order valence-electron chi connectivity index (χ1n) is 8.27. The molecule has 1 amide bonds. The number of hydrogen-bond donors (Lipinski definition) is 2. The lowest BCUT2D eigenvalue weighted by Crippen LogP contribution is -2.23. The molecule has 0 bridgehead atoms. The van der Waals surface area contributed by atoms with Gasteiger partial charge in [0.15, 0.2) is 5.82 Å². The van der Waals surface area contributed by atoms with Crippen LogP contribution < -0.4 is 10.1 Å². The van der Waals surface area contributed by atoms with Crippen molar-refractivity contribution in [1.82, 2.24) is 15.2 Å². The molecule has 140 valence electrons. The summed E-state index contributed by atoms with van der Waals surface area (Å²) in [6.07, 6.45) is 0. The van der Waals surface area contributed by atoms with Crippen LogP contribution >= 0.6 is 23.4 Å². The maximum atomic E-state index is 12.6. The normalized spacial score (nSPS) is 11.9. The Kier molecular flexibility index (Phi) is 6.03. The van der Waals surface area contributed by atoms with Gasteiger partial charge in [-0.15, -0.1) is 5.10 Å². The highest BCUT2D eigenvalue weighted by molar-refractivity contribution is 8.00. The number of benzene rings is 2. The highest BCUT2D eigenvalue weighted by Gasteiger charge is 2.19. The number of nitrogens with one attached hydrogen (secondary N) is 2. The van der Waals surface area contributed by atoms with E-state index in [0.717, 1.165) is 11.1 Å². The number of aromatic nitrogens is 3. The Hall–Kier alpha value is -2.51. The van der Waals surface area contributed by atoms with Crippen LogP contribution in [0, 0.1) is 6.92 Å². The van der Waals surface area contributed by atoms with Crippen molar-refractivity contribution in [3.05, 3.63) is 53.1 Å². The second-order valence-corrected chi connectivity index (χ2v) is 7.60. The number of carbonyl (C=O) groups is 1. The van der Waals surface area contributed by atoms with Gasteiger partial charge in [0.2, 0.25) is 11.1 Å². The Morgan fingerprint density at radius 2 is 2.04 bits per heavy atom. The van der Waals surface area contributed by atoms with Crippen molar-refractivity contribution in [2.45, 2.75) is 24.3 Å². The fraction of sp³-hybridized carbons (Fsp3) is 0.211. The van der Waals surface area contributed by atoms with Gasteiger partial charge in [-0.1, -0.05) is 53.7 Å². The molecule has 0 saturated heterocycles. The Balaban J connectivity index is 1.68. The number of aromatic amines is 1. The SMILES string of the molecule is COc1cc(Cl)c(C)cc1NC(=O)[C@@H](C)Sc1n[nH]c(-c2ccccc2)n1. The van der Waals surface area contributed by atoms with Crippen molar-refractivity contribution in [2.24, 2.45) is 0 Å². The van der Waals surface area contributed by atoms with E-state index in [0.29, 0.717) is 27.4 Å². The van der Waals surface area contributed by atoms with Crippen molar-refractivity contribution in [3.63, 3.8) is 0 Å². The van der Waals surface area contributed by atoms with Crippen molar-refractivity contribution in [2.75, 3.05) is 12.4 Å². The average Bonchev–Trinajstić information content (AvgIpc) is 3.13. The number of H-pyrrole nitrogens is 1. The van der Waals surface area contributed by atoms with Gasteiger partial charge in [-0.25, -0.2) is 4.98 Å². The van der Waals surface area contributed by atoms with Crippen molar-refractivity contribution < 1.29 is 9.53 Å². The van der Waals surface area contributed by atoms with Gasteiger partial charge in [-0.3, -0.25) is 9.89 Å². The lowest BCUT2D eigenvalue weighted by molar-refractivity contribution is -0.115. The molecule has 0 radical (unpaired) electrons. The van der Waals surface area contributed by atoms with Gasteiger partial charge >= 0.3 is 0 Å². The van der Waals surface area contributed by atoms with Crippen LogP contribution in [0.25, 0.3) is 11.4 Å². The summed E-state index contributed by atoms with van der Waals surface area (Å²) in [5, 5.41) is 10.7. The molecule has 1 heterocycles. The molecule has 0 aliphatic heterocycles. The lowest BCUT2D eigenvalue weighted by atomic mass is 10.2. The third kappa shape index (κ3) is 4.61. The number of methoxy groups -OCH3 is 1. The lowest BCUT2D eigenvalue weighted by Gasteiger charge is -2.14. The predicted octanol–water partition coefficient (Wildman–Crippen LogP) is 4.56. The zero-order chi connectivity index (χ0) is 19.4. The third-order valence-electron chi connectivity index (χ3n) is 3.90. The number of carbonyl (C=O) groups excluding carboxylic acids is 1. The number of ether oxygens (including phenoxy) is 1. The van der Waals surface area contributed by atoms with Crippen molar-refractivity contribution in [1.29, 1.82) is 0 Å². The molecular formula is C19H19ClN4O2S. The first-order valence-corrected chi connectivity index (χ1v) is 9.53. The number of halogens is 1. The number of aryl methyl sites for hydroxylation is 1. The number of rotatable bonds is 6. The van der Waals surface area contributed by atoms with E-state index in [1.165, 1.54) is 18.9 Å². The summed E-state index contributed by atoms with van der Waals surface area (Å²) in [5.74, 6) is 1.01. The Labute approximate surface area is 166 Å². The van der Waals surface area contributed by atoms with Gasteiger partial charge in [0.1, 0.15) is 5.75 Å². The minimum absolute atomic E-state index is 0.175. The summed E-state index contributed by atoms with van der Waals surface area (Å²) in [7, 11) is 1.54. The molecule has 27 heavy (non-hydrogen) atoms. The zero-order valence-corrected chi connectivity index (χ0v) is 16.7. The molecule has 0 aliphatic carbocycles. The molecule has 2 aromatic carbocycles. The minimum Gasteiger partial charge on any atom is -0.495 e. The van der Waals surface area contributed by atoms with Gasteiger partial charge in [0, 0.05) is 16.7 Å². The number of nitrogens with zero attached hydrogens (tertiary/aromatic N) is 2. The van der Waals surface area contributed by atoms with Crippen LogP contribution in [0.2, 0.25) is 5.02 Å². The maximum absolute atomic E-state index is 12.6. The Morgan fingerprint density at radius 3 is 2.74 bits per heavy atom. The fourth-order valence-electron chi connectivity index (χ4n) is 2.40. The van der Waals surface area contributed by atoms with Crippen LogP contribution in [0.5, 0.6) is 5.75 Å². The average molecular weight is 403 g/mol. The second kappa shape index (κ2) is 8.45. The van der Waals surface area contributed by atoms with Crippen LogP contribution in [-0.4, -0.2) is 33.4 Å². The molecular weight excluding hydrogens is 384 g/mol.